The summed E-state index contributed by atoms with van der Waals surface area (Å²) in [6, 6.07) is 7.53. The summed E-state index contributed by atoms with van der Waals surface area (Å²) in [6.45, 7) is 4.21. The quantitative estimate of drug-likeness (QED) is 0.742. The Morgan fingerprint density at radius 1 is 1.40 bits per heavy atom. The molecule has 0 amide bonds. The highest BCUT2D eigenvalue weighted by Crippen LogP contribution is 2.17. The number of rotatable bonds is 5. The number of carbonyl (C=O) groups is 1. The van der Waals surface area contributed by atoms with Crippen molar-refractivity contribution in [3.8, 4) is 0 Å². The molecule has 0 saturated carbocycles. The van der Waals surface area contributed by atoms with Crippen LogP contribution in [0.5, 0.6) is 0 Å². The van der Waals surface area contributed by atoms with Crippen molar-refractivity contribution >= 4 is 17.4 Å². The fourth-order valence-electron chi connectivity index (χ4n) is 1.46. The van der Waals surface area contributed by atoms with Gasteiger partial charge in [0.1, 0.15) is 5.78 Å². The van der Waals surface area contributed by atoms with E-state index in [-0.39, 0.29) is 5.78 Å². The van der Waals surface area contributed by atoms with Crippen LogP contribution in [-0.2, 0) is 11.2 Å². The van der Waals surface area contributed by atoms with Gasteiger partial charge in [-0.15, -0.1) is 0 Å². The maximum absolute atomic E-state index is 11.7. The first-order chi connectivity index (χ1) is 7.13. The zero-order chi connectivity index (χ0) is 11.3. The van der Waals surface area contributed by atoms with Crippen LogP contribution >= 0.6 is 11.6 Å². The van der Waals surface area contributed by atoms with Crippen LogP contribution in [-0.4, -0.2) is 5.78 Å². The van der Waals surface area contributed by atoms with E-state index in [2.05, 4.69) is 13.8 Å². The van der Waals surface area contributed by atoms with Crippen molar-refractivity contribution in [3.63, 3.8) is 0 Å². The SMILES string of the molecule is CCC(C)CC(=O)Cc1ccccc1Cl. The molecule has 0 aliphatic carbocycles. The first-order valence-electron chi connectivity index (χ1n) is 5.38. The lowest BCUT2D eigenvalue weighted by atomic mass is 9.98. The third-order valence-corrected chi connectivity index (χ3v) is 2.99. The van der Waals surface area contributed by atoms with Crippen molar-refractivity contribution in [2.24, 2.45) is 5.92 Å². The minimum absolute atomic E-state index is 0.275. The molecule has 0 bridgehead atoms. The molecule has 0 aliphatic rings. The summed E-state index contributed by atoms with van der Waals surface area (Å²) < 4.78 is 0. The Labute approximate surface area is 96.5 Å². The smallest absolute Gasteiger partial charge is 0.137 e. The molecule has 1 nitrogen and oxygen atoms in total. The molecule has 1 atom stereocenters. The second-order valence-electron chi connectivity index (χ2n) is 4.02. The van der Waals surface area contributed by atoms with E-state index in [1.807, 2.05) is 24.3 Å². The molecular formula is C13H17ClO. The zero-order valence-electron chi connectivity index (χ0n) is 9.29. The second-order valence-corrected chi connectivity index (χ2v) is 4.43. The molecule has 0 spiro atoms. The number of carbonyl (C=O) groups excluding carboxylic acids is 1. The normalized spacial score (nSPS) is 12.5. The lowest BCUT2D eigenvalue weighted by Gasteiger charge is -2.07. The molecule has 1 aromatic rings. The summed E-state index contributed by atoms with van der Waals surface area (Å²) in [4.78, 5) is 11.7. The van der Waals surface area contributed by atoms with E-state index in [0.717, 1.165) is 12.0 Å². The Morgan fingerprint density at radius 2 is 2.07 bits per heavy atom. The largest absolute Gasteiger partial charge is 0.299 e. The highest BCUT2D eigenvalue weighted by Gasteiger charge is 2.09. The molecule has 0 radical (unpaired) electrons. The van der Waals surface area contributed by atoms with Crippen molar-refractivity contribution in [1.82, 2.24) is 0 Å². The Kier molecular flexibility index (Phi) is 4.83. The van der Waals surface area contributed by atoms with Gasteiger partial charge in [-0.3, -0.25) is 4.79 Å². The molecule has 1 rings (SSSR count). The van der Waals surface area contributed by atoms with Crippen molar-refractivity contribution < 1.29 is 4.79 Å². The van der Waals surface area contributed by atoms with Gasteiger partial charge in [0, 0.05) is 17.9 Å². The van der Waals surface area contributed by atoms with E-state index >= 15 is 0 Å². The minimum atomic E-state index is 0.275. The highest BCUT2D eigenvalue weighted by atomic mass is 35.5. The molecule has 0 saturated heterocycles. The van der Waals surface area contributed by atoms with E-state index in [9.17, 15) is 4.79 Å². The van der Waals surface area contributed by atoms with Gasteiger partial charge in [-0.1, -0.05) is 50.1 Å². The fourth-order valence-corrected chi connectivity index (χ4v) is 1.66. The van der Waals surface area contributed by atoms with Crippen molar-refractivity contribution in [1.29, 1.82) is 0 Å². The molecule has 0 aromatic heterocycles. The molecule has 0 N–H and O–H groups in total. The van der Waals surface area contributed by atoms with Gasteiger partial charge in [-0.25, -0.2) is 0 Å². The highest BCUT2D eigenvalue weighted by molar-refractivity contribution is 6.31. The molecule has 0 fully saturated rings. The van der Waals surface area contributed by atoms with Gasteiger partial charge in [0.05, 0.1) is 0 Å². The van der Waals surface area contributed by atoms with E-state index in [1.54, 1.807) is 0 Å². The lowest BCUT2D eigenvalue weighted by molar-refractivity contribution is -0.119. The maximum atomic E-state index is 11.7. The van der Waals surface area contributed by atoms with Crippen LogP contribution in [0.15, 0.2) is 24.3 Å². The zero-order valence-corrected chi connectivity index (χ0v) is 10.1. The third kappa shape index (κ3) is 4.05. The second kappa shape index (κ2) is 5.92. The minimum Gasteiger partial charge on any atom is -0.299 e. The fraction of sp³-hybridized carbons (Fsp3) is 0.462. The van der Waals surface area contributed by atoms with Gasteiger partial charge in [0.25, 0.3) is 0 Å². The standard InChI is InChI=1S/C13H17ClO/c1-3-10(2)8-12(15)9-11-6-4-5-7-13(11)14/h4-7,10H,3,8-9H2,1-2H3. The summed E-state index contributed by atoms with van der Waals surface area (Å²) >= 11 is 5.99. The van der Waals surface area contributed by atoms with Gasteiger partial charge in [-0.2, -0.15) is 0 Å². The number of hydrogen-bond acceptors (Lipinski definition) is 1. The molecule has 2 heteroatoms. The van der Waals surface area contributed by atoms with Crippen molar-refractivity contribution in [2.45, 2.75) is 33.1 Å². The van der Waals surface area contributed by atoms with Crippen molar-refractivity contribution in [3.05, 3.63) is 34.9 Å². The lowest BCUT2D eigenvalue weighted by Crippen LogP contribution is -2.08. The molecule has 0 heterocycles. The molecular weight excluding hydrogens is 208 g/mol. The van der Waals surface area contributed by atoms with Crippen LogP contribution < -0.4 is 0 Å². The first kappa shape index (κ1) is 12.3. The molecule has 15 heavy (non-hydrogen) atoms. The molecule has 1 unspecified atom stereocenters. The van der Waals surface area contributed by atoms with Crippen LogP contribution in [0, 0.1) is 5.92 Å². The van der Waals surface area contributed by atoms with E-state index < -0.39 is 0 Å². The number of hydrogen-bond donors (Lipinski definition) is 0. The van der Waals surface area contributed by atoms with Gasteiger partial charge < -0.3 is 0 Å². The summed E-state index contributed by atoms with van der Waals surface area (Å²) in [5, 5.41) is 0.690. The average Bonchev–Trinajstić information content (AvgIpc) is 2.21. The number of ketones is 1. The Hall–Kier alpha value is -0.820. The monoisotopic (exact) mass is 224 g/mol. The molecule has 82 valence electrons. The van der Waals surface area contributed by atoms with Crippen molar-refractivity contribution in [2.75, 3.05) is 0 Å². The predicted molar refractivity (Wildman–Crippen MR) is 64.2 cm³/mol. The third-order valence-electron chi connectivity index (χ3n) is 2.62. The van der Waals surface area contributed by atoms with Crippen LogP contribution in [0.25, 0.3) is 0 Å². The summed E-state index contributed by atoms with van der Waals surface area (Å²) in [7, 11) is 0. The molecule has 0 aliphatic heterocycles. The van der Waals surface area contributed by atoms with Crippen LogP contribution in [0.4, 0.5) is 0 Å². The topological polar surface area (TPSA) is 17.1 Å². The number of Topliss-reactive ketones (excluding diaryl/α,β-unsaturated/α-hetero) is 1. The summed E-state index contributed by atoms with van der Waals surface area (Å²) in [5.74, 6) is 0.748. The summed E-state index contributed by atoms with van der Waals surface area (Å²) in [5.41, 5.74) is 0.937. The maximum Gasteiger partial charge on any atom is 0.137 e. The number of halogens is 1. The van der Waals surface area contributed by atoms with Gasteiger partial charge in [-0.05, 0) is 17.5 Å². The summed E-state index contributed by atoms with van der Waals surface area (Å²) in [6.07, 6.45) is 2.17. The van der Waals surface area contributed by atoms with E-state index in [1.165, 1.54) is 0 Å². The molecule has 1 aromatic carbocycles. The van der Waals surface area contributed by atoms with Crippen LogP contribution in [0.1, 0.15) is 32.3 Å². The van der Waals surface area contributed by atoms with Crippen LogP contribution in [0.3, 0.4) is 0 Å². The predicted octanol–water partition coefficient (Wildman–Crippen LogP) is 3.89. The Bertz CT molecular complexity index is 333. The van der Waals surface area contributed by atoms with E-state index in [0.29, 0.717) is 23.8 Å². The number of benzene rings is 1. The Balaban J connectivity index is 2.55. The van der Waals surface area contributed by atoms with Gasteiger partial charge in [0.15, 0.2) is 0 Å². The first-order valence-corrected chi connectivity index (χ1v) is 5.76. The average molecular weight is 225 g/mol. The van der Waals surface area contributed by atoms with E-state index in [4.69, 9.17) is 11.6 Å². The van der Waals surface area contributed by atoms with Gasteiger partial charge in [0.2, 0.25) is 0 Å². The Morgan fingerprint density at radius 3 is 2.67 bits per heavy atom. The van der Waals surface area contributed by atoms with Gasteiger partial charge >= 0.3 is 0 Å². The van der Waals surface area contributed by atoms with Crippen LogP contribution in [0.2, 0.25) is 5.02 Å².